The van der Waals surface area contributed by atoms with Crippen LogP contribution in [0.15, 0.2) is 67.0 Å². The third kappa shape index (κ3) is 3.42. The minimum absolute atomic E-state index is 0.101. The number of fused-ring (bicyclic) bond motifs is 2. The van der Waals surface area contributed by atoms with Gasteiger partial charge >= 0.3 is 5.97 Å². The van der Waals surface area contributed by atoms with Gasteiger partial charge in [-0.2, -0.15) is 4.73 Å². The summed E-state index contributed by atoms with van der Waals surface area (Å²) in [6.07, 6.45) is 2.26. The maximum Gasteiger partial charge on any atom is 0.339 e. The number of hydrogen-bond acceptors (Lipinski definition) is 6. The molecular formula is C22H14N2O6. The highest BCUT2D eigenvalue weighted by molar-refractivity contribution is 6.30. The number of ketones is 2. The number of esters is 1. The number of nitrogens with one attached hydrogen (secondary N) is 1. The maximum absolute atomic E-state index is 12.9. The molecule has 8 nitrogen and oxygen atoms in total. The largest absolute Gasteiger partial charge is 0.619 e. The third-order valence-electron chi connectivity index (χ3n) is 4.60. The van der Waals surface area contributed by atoms with Crippen molar-refractivity contribution in [2.75, 3.05) is 11.9 Å². The molecule has 4 rings (SSSR count). The third-order valence-corrected chi connectivity index (χ3v) is 4.60. The highest BCUT2D eigenvalue weighted by atomic mass is 16.5. The van der Waals surface area contributed by atoms with Gasteiger partial charge in [-0.05, 0) is 6.07 Å². The van der Waals surface area contributed by atoms with E-state index in [0.717, 1.165) is 12.4 Å². The van der Waals surface area contributed by atoms with Crippen molar-refractivity contribution in [2.45, 2.75) is 0 Å². The predicted molar refractivity (Wildman–Crippen MR) is 104 cm³/mol. The molecular weight excluding hydrogens is 388 g/mol. The van der Waals surface area contributed by atoms with Crippen molar-refractivity contribution in [1.82, 2.24) is 0 Å². The molecule has 8 heteroatoms. The molecule has 30 heavy (non-hydrogen) atoms. The number of nitrogens with zero attached hydrogens (tertiary/aromatic N) is 1. The van der Waals surface area contributed by atoms with Crippen molar-refractivity contribution in [3.8, 4) is 0 Å². The van der Waals surface area contributed by atoms with E-state index in [1.54, 1.807) is 30.3 Å². The van der Waals surface area contributed by atoms with Gasteiger partial charge < -0.3 is 15.3 Å². The molecule has 0 aliphatic heterocycles. The van der Waals surface area contributed by atoms with Crippen molar-refractivity contribution < 1.29 is 28.6 Å². The molecule has 0 unspecified atom stereocenters. The van der Waals surface area contributed by atoms with E-state index in [1.807, 2.05) is 0 Å². The fourth-order valence-electron chi connectivity index (χ4n) is 3.20. The molecule has 0 bridgehead atoms. The fourth-order valence-corrected chi connectivity index (χ4v) is 3.20. The van der Waals surface area contributed by atoms with Crippen molar-refractivity contribution in [3.05, 3.63) is 100 Å². The Hall–Kier alpha value is -4.33. The van der Waals surface area contributed by atoms with Crippen molar-refractivity contribution in [3.63, 3.8) is 0 Å². The lowest BCUT2D eigenvalue weighted by Crippen LogP contribution is -2.26. The van der Waals surface area contributed by atoms with Crippen LogP contribution >= 0.6 is 0 Å². The second-order valence-electron chi connectivity index (χ2n) is 6.50. The summed E-state index contributed by atoms with van der Waals surface area (Å²) in [6, 6.07) is 13.6. The Bertz CT molecular complexity index is 1200. The van der Waals surface area contributed by atoms with E-state index < -0.39 is 18.5 Å². The molecule has 1 aliphatic carbocycles. The van der Waals surface area contributed by atoms with Gasteiger partial charge in [0.05, 0.1) is 16.8 Å². The first-order valence-electron chi connectivity index (χ1n) is 8.93. The van der Waals surface area contributed by atoms with Crippen LogP contribution in [-0.2, 0) is 9.53 Å². The van der Waals surface area contributed by atoms with Crippen LogP contribution in [0.5, 0.6) is 0 Å². The molecule has 0 radical (unpaired) electrons. The number of benzene rings is 2. The van der Waals surface area contributed by atoms with Crippen LogP contribution in [0.1, 0.15) is 42.2 Å². The van der Waals surface area contributed by atoms with Gasteiger partial charge in [-0.15, -0.1) is 0 Å². The monoisotopic (exact) mass is 402 g/mol. The molecule has 0 spiro atoms. The van der Waals surface area contributed by atoms with E-state index in [4.69, 9.17) is 4.74 Å². The summed E-state index contributed by atoms with van der Waals surface area (Å²) in [5.41, 5.74) is 1.16. The van der Waals surface area contributed by atoms with Gasteiger partial charge in [0.15, 0.2) is 30.6 Å². The number of amides is 1. The Morgan fingerprint density at radius 2 is 1.50 bits per heavy atom. The Morgan fingerprint density at radius 3 is 2.20 bits per heavy atom. The SMILES string of the molecule is O=C(COC(=O)c1cc[n+]([O-])cc1)Nc1cccc2c1C(=O)c1ccccc1C2=O. The summed E-state index contributed by atoms with van der Waals surface area (Å²) < 4.78 is 5.45. The molecule has 2 aromatic carbocycles. The van der Waals surface area contributed by atoms with Crippen LogP contribution in [-0.4, -0.2) is 30.0 Å². The van der Waals surface area contributed by atoms with Crippen LogP contribution in [0.4, 0.5) is 5.69 Å². The fraction of sp³-hybridized carbons (Fsp3) is 0.0455. The lowest BCUT2D eigenvalue weighted by atomic mass is 9.83. The molecule has 1 aromatic heterocycles. The van der Waals surface area contributed by atoms with E-state index in [0.29, 0.717) is 10.3 Å². The highest BCUT2D eigenvalue weighted by Crippen LogP contribution is 2.31. The van der Waals surface area contributed by atoms with E-state index >= 15 is 0 Å². The summed E-state index contributed by atoms with van der Waals surface area (Å²) >= 11 is 0. The molecule has 1 aliphatic rings. The normalized spacial score (nSPS) is 12.0. The number of ether oxygens (including phenoxy) is 1. The van der Waals surface area contributed by atoms with Crippen LogP contribution in [0, 0.1) is 5.21 Å². The van der Waals surface area contributed by atoms with Gasteiger partial charge in [-0.1, -0.05) is 36.4 Å². The molecule has 148 valence electrons. The quantitative estimate of drug-likeness (QED) is 0.317. The lowest BCUT2D eigenvalue weighted by molar-refractivity contribution is -0.605. The predicted octanol–water partition coefficient (Wildman–Crippen LogP) is 1.89. The zero-order chi connectivity index (χ0) is 21.3. The van der Waals surface area contributed by atoms with Crippen LogP contribution in [0.3, 0.4) is 0 Å². The Labute approximate surface area is 170 Å². The number of carbonyl (C=O) groups excluding carboxylic acids is 4. The van der Waals surface area contributed by atoms with E-state index in [1.165, 1.54) is 24.3 Å². The van der Waals surface area contributed by atoms with Gasteiger partial charge in [0.25, 0.3) is 5.91 Å². The number of aromatic nitrogens is 1. The molecule has 3 aromatic rings. The Kier molecular flexibility index (Phi) is 4.81. The zero-order valence-corrected chi connectivity index (χ0v) is 15.5. The maximum atomic E-state index is 12.9. The Morgan fingerprint density at radius 1 is 0.867 bits per heavy atom. The van der Waals surface area contributed by atoms with Crippen LogP contribution < -0.4 is 10.0 Å². The first-order chi connectivity index (χ1) is 14.5. The van der Waals surface area contributed by atoms with Gasteiger partial charge in [-0.25, -0.2) is 4.79 Å². The summed E-state index contributed by atoms with van der Waals surface area (Å²) in [4.78, 5) is 49.9. The zero-order valence-electron chi connectivity index (χ0n) is 15.5. The average Bonchev–Trinajstić information content (AvgIpc) is 2.76. The minimum atomic E-state index is -0.777. The number of rotatable bonds is 4. The first kappa shape index (κ1) is 19.0. The second kappa shape index (κ2) is 7.59. The molecule has 0 saturated carbocycles. The molecule has 1 heterocycles. The van der Waals surface area contributed by atoms with Gasteiger partial charge in [0.1, 0.15) is 0 Å². The lowest BCUT2D eigenvalue weighted by Gasteiger charge is -2.20. The number of carbonyl (C=O) groups is 4. The molecule has 0 saturated heterocycles. The molecule has 0 atom stereocenters. The van der Waals surface area contributed by atoms with Gasteiger partial charge in [-0.3, -0.25) is 14.4 Å². The molecule has 0 fully saturated rings. The van der Waals surface area contributed by atoms with Crippen molar-refractivity contribution in [1.29, 1.82) is 0 Å². The summed E-state index contributed by atoms with van der Waals surface area (Å²) in [7, 11) is 0. The number of hydrogen-bond donors (Lipinski definition) is 1. The molecule has 1 amide bonds. The van der Waals surface area contributed by atoms with Gasteiger partial charge in [0, 0.05) is 28.8 Å². The van der Waals surface area contributed by atoms with Crippen molar-refractivity contribution >= 4 is 29.1 Å². The second-order valence-corrected chi connectivity index (χ2v) is 6.50. The van der Waals surface area contributed by atoms with Crippen molar-refractivity contribution in [2.24, 2.45) is 0 Å². The summed E-state index contributed by atoms with van der Waals surface area (Å²) in [6.45, 7) is -0.604. The minimum Gasteiger partial charge on any atom is -0.619 e. The van der Waals surface area contributed by atoms with E-state index in [-0.39, 0.29) is 39.5 Å². The number of pyridine rings is 1. The Balaban J connectivity index is 1.51. The van der Waals surface area contributed by atoms with Crippen LogP contribution in [0.2, 0.25) is 0 Å². The van der Waals surface area contributed by atoms with E-state index in [9.17, 15) is 24.4 Å². The molecule has 1 N–H and O–H groups in total. The number of anilines is 1. The average molecular weight is 402 g/mol. The summed E-state index contributed by atoms with van der Waals surface area (Å²) in [5, 5.41) is 13.5. The van der Waals surface area contributed by atoms with Crippen LogP contribution in [0.25, 0.3) is 0 Å². The first-order valence-corrected chi connectivity index (χ1v) is 8.93. The van der Waals surface area contributed by atoms with Gasteiger partial charge in [0.2, 0.25) is 0 Å². The topological polar surface area (TPSA) is 116 Å². The highest BCUT2D eigenvalue weighted by Gasteiger charge is 2.31. The van der Waals surface area contributed by atoms with E-state index in [2.05, 4.69) is 5.32 Å². The summed E-state index contributed by atoms with van der Waals surface area (Å²) in [5.74, 6) is -2.13. The standard InChI is InChI=1S/C22H14N2O6/c25-18(12-30-22(28)13-8-10-24(29)11-9-13)23-17-7-3-6-16-19(17)21(27)15-5-2-1-4-14(15)20(16)26/h1-11H,12H2,(H,23,25). The smallest absolute Gasteiger partial charge is 0.339 e.